The van der Waals surface area contributed by atoms with Gasteiger partial charge in [-0.2, -0.15) is 5.26 Å². The highest BCUT2D eigenvalue weighted by molar-refractivity contribution is 5.98. The van der Waals surface area contributed by atoms with Crippen LogP contribution in [0.15, 0.2) is 41.5 Å². The Morgan fingerprint density at radius 3 is 2.59 bits per heavy atom. The zero-order valence-electron chi connectivity index (χ0n) is 12.2. The van der Waals surface area contributed by atoms with Crippen LogP contribution < -0.4 is 0 Å². The molecule has 2 aliphatic rings. The number of para-hydroxylation sites is 1. The molecule has 0 radical (unpaired) electrons. The average Bonchev–Trinajstić information content (AvgIpc) is 2.78. The van der Waals surface area contributed by atoms with Gasteiger partial charge in [-0.15, -0.1) is 0 Å². The highest BCUT2D eigenvalue weighted by Gasteiger charge is 2.47. The van der Waals surface area contributed by atoms with Gasteiger partial charge in [0.05, 0.1) is 0 Å². The van der Waals surface area contributed by atoms with Gasteiger partial charge >= 0.3 is 5.97 Å². The summed E-state index contributed by atoms with van der Waals surface area (Å²) in [6.45, 7) is 0. The van der Waals surface area contributed by atoms with Gasteiger partial charge in [0, 0.05) is 11.1 Å². The van der Waals surface area contributed by atoms with Crippen LogP contribution in [-0.2, 0) is 9.53 Å². The first-order chi connectivity index (χ1) is 10.7. The second-order valence-corrected chi connectivity index (χ2v) is 5.74. The quantitative estimate of drug-likeness (QED) is 0.848. The summed E-state index contributed by atoms with van der Waals surface area (Å²) in [5.41, 5.74) is 0.746. The van der Waals surface area contributed by atoms with E-state index in [1.54, 1.807) is 30.4 Å². The predicted octanol–water partition coefficient (Wildman–Crippen LogP) is 3.49. The van der Waals surface area contributed by atoms with E-state index >= 15 is 0 Å². The van der Waals surface area contributed by atoms with Crippen LogP contribution in [0.1, 0.15) is 37.7 Å². The fraction of sp³-hybridized carbons (Fsp3) is 0.333. The molecule has 1 aromatic rings. The smallest absolute Gasteiger partial charge is 0.350 e. The lowest BCUT2D eigenvalue weighted by atomic mass is 9.78. The fourth-order valence-electron chi connectivity index (χ4n) is 3.26. The lowest BCUT2D eigenvalue weighted by Crippen LogP contribution is -2.34. The molecule has 4 heteroatoms. The highest BCUT2D eigenvalue weighted by Crippen LogP contribution is 2.44. The summed E-state index contributed by atoms with van der Waals surface area (Å²) in [7, 11) is 0. The first-order valence-corrected chi connectivity index (χ1v) is 7.50. The van der Waals surface area contributed by atoms with Crippen molar-refractivity contribution in [3.8, 4) is 11.8 Å². The molecule has 0 amide bonds. The maximum atomic E-state index is 12.0. The molecule has 0 saturated heterocycles. The van der Waals surface area contributed by atoms with Crippen LogP contribution in [0.25, 0.3) is 6.08 Å². The Bertz CT molecular complexity index is 703. The van der Waals surface area contributed by atoms with Crippen molar-refractivity contribution in [3.63, 3.8) is 0 Å². The normalized spacial score (nSPS) is 20.4. The molecule has 4 nitrogen and oxygen atoms in total. The summed E-state index contributed by atoms with van der Waals surface area (Å²) >= 11 is 0. The van der Waals surface area contributed by atoms with E-state index in [-0.39, 0.29) is 11.3 Å². The van der Waals surface area contributed by atoms with Gasteiger partial charge in [-0.3, -0.25) is 0 Å². The maximum Gasteiger partial charge on any atom is 0.350 e. The minimum Gasteiger partial charge on any atom is -0.507 e. The molecule has 0 aromatic heterocycles. The molecule has 1 aliphatic heterocycles. The second-order valence-electron chi connectivity index (χ2n) is 5.74. The summed E-state index contributed by atoms with van der Waals surface area (Å²) < 4.78 is 5.58. The van der Waals surface area contributed by atoms with Crippen LogP contribution >= 0.6 is 0 Å². The lowest BCUT2D eigenvalue weighted by molar-refractivity contribution is -0.148. The maximum absolute atomic E-state index is 12.0. The van der Waals surface area contributed by atoms with Crippen molar-refractivity contribution in [3.05, 3.63) is 47.1 Å². The number of hydrogen-bond donors (Lipinski definition) is 1. The molecule has 1 fully saturated rings. The first-order valence-electron chi connectivity index (χ1n) is 7.50. The Kier molecular flexibility index (Phi) is 3.72. The number of phenolic OH excluding ortho intramolecular Hbond substituents is 1. The number of phenols is 1. The molecule has 1 aliphatic carbocycles. The monoisotopic (exact) mass is 295 g/mol. The minimum absolute atomic E-state index is 0.0913. The lowest BCUT2D eigenvalue weighted by Gasteiger charge is -2.33. The van der Waals surface area contributed by atoms with Gasteiger partial charge < -0.3 is 9.84 Å². The molecule has 22 heavy (non-hydrogen) atoms. The molecule has 0 atom stereocenters. The largest absolute Gasteiger partial charge is 0.507 e. The number of rotatable bonds is 2. The van der Waals surface area contributed by atoms with Crippen molar-refractivity contribution in [2.75, 3.05) is 0 Å². The van der Waals surface area contributed by atoms with Crippen LogP contribution in [0.4, 0.5) is 0 Å². The molecule has 3 rings (SSSR count). The Morgan fingerprint density at radius 1 is 1.18 bits per heavy atom. The number of carbonyl (C=O) groups excluding carboxylic acids is 1. The van der Waals surface area contributed by atoms with E-state index < -0.39 is 11.6 Å². The van der Waals surface area contributed by atoms with Gasteiger partial charge in [0.15, 0.2) is 0 Å². The molecular weight excluding hydrogens is 278 g/mol. The van der Waals surface area contributed by atoms with Crippen LogP contribution in [0, 0.1) is 11.3 Å². The summed E-state index contributed by atoms with van der Waals surface area (Å²) in [6, 6.07) is 8.93. The molecule has 0 unspecified atom stereocenters. The second kappa shape index (κ2) is 5.69. The summed E-state index contributed by atoms with van der Waals surface area (Å²) in [5, 5.41) is 19.1. The molecule has 0 bridgehead atoms. The molecular formula is C18H17NO3. The zero-order chi connectivity index (χ0) is 15.6. The number of esters is 1. The Labute approximate surface area is 129 Å². The third-order valence-electron chi connectivity index (χ3n) is 4.39. The summed E-state index contributed by atoms with van der Waals surface area (Å²) in [5.74, 6) is -0.359. The fourth-order valence-corrected chi connectivity index (χ4v) is 3.26. The van der Waals surface area contributed by atoms with Crippen LogP contribution in [-0.4, -0.2) is 16.7 Å². The third-order valence-corrected chi connectivity index (χ3v) is 4.39. The van der Waals surface area contributed by atoms with Gasteiger partial charge in [-0.05, 0) is 31.7 Å². The Balaban J connectivity index is 2.00. The number of nitriles is 1. The van der Waals surface area contributed by atoms with Gasteiger partial charge in [0.25, 0.3) is 0 Å². The molecule has 1 saturated carbocycles. The number of aromatic hydroxyl groups is 1. The van der Waals surface area contributed by atoms with Gasteiger partial charge in [0.1, 0.15) is 23.0 Å². The first kappa shape index (κ1) is 14.4. The van der Waals surface area contributed by atoms with Crippen LogP contribution in [0.2, 0.25) is 0 Å². The predicted molar refractivity (Wildman–Crippen MR) is 81.7 cm³/mol. The number of benzene rings is 1. The van der Waals surface area contributed by atoms with E-state index in [4.69, 9.17) is 4.74 Å². The standard InChI is InChI=1S/C18H17NO3/c19-12-14-15(9-8-13-6-2-3-7-16(13)20)18(22-17(14)21)10-4-1-5-11-18/h2-3,6-9,20H,1,4-5,10-11H2/b9-8+. The number of hydrogen-bond acceptors (Lipinski definition) is 4. The minimum atomic E-state index is -0.651. The molecule has 112 valence electrons. The molecule has 1 N–H and O–H groups in total. The third kappa shape index (κ3) is 2.39. The molecule has 1 heterocycles. The zero-order valence-corrected chi connectivity index (χ0v) is 12.2. The highest BCUT2D eigenvalue weighted by atomic mass is 16.6. The number of ether oxygens (including phenoxy) is 1. The van der Waals surface area contributed by atoms with Crippen molar-refractivity contribution in [2.24, 2.45) is 0 Å². The summed E-state index contributed by atoms with van der Waals surface area (Å²) in [6.07, 6.45) is 8.09. The molecule has 1 spiro atoms. The van der Waals surface area contributed by atoms with Gasteiger partial charge in [-0.25, -0.2) is 4.79 Å². The van der Waals surface area contributed by atoms with Gasteiger partial charge in [-0.1, -0.05) is 36.8 Å². The number of carbonyl (C=O) groups is 1. The van der Waals surface area contributed by atoms with E-state index in [0.717, 1.165) is 32.1 Å². The topological polar surface area (TPSA) is 70.3 Å². The average molecular weight is 295 g/mol. The van der Waals surface area contributed by atoms with Crippen LogP contribution in [0.3, 0.4) is 0 Å². The van der Waals surface area contributed by atoms with Crippen molar-refractivity contribution in [2.45, 2.75) is 37.7 Å². The van der Waals surface area contributed by atoms with Crippen LogP contribution in [0.5, 0.6) is 5.75 Å². The van der Waals surface area contributed by atoms with E-state index in [1.165, 1.54) is 0 Å². The Hall–Kier alpha value is -2.54. The van der Waals surface area contributed by atoms with Gasteiger partial charge in [0.2, 0.25) is 0 Å². The number of nitrogens with zero attached hydrogens (tertiary/aromatic N) is 1. The Morgan fingerprint density at radius 2 is 1.91 bits per heavy atom. The van der Waals surface area contributed by atoms with Crippen molar-refractivity contribution in [1.82, 2.24) is 0 Å². The summed E-state index contributed by atoms with van der Waals surface area (Å²) in [4.78, 5) is 12.0. The van der Waals surface area contributed by atoms with Crippen molar-refractivity contribution in [1.29, 1.82) is 5.26 Å². The van der Waals surface area contributed by atoms with Crippen molar-refractivity contribution >= 4 is 12.0 Å². The SMILES string of the molecule is N#CC1=C(/C=C/c2ccccc2O)C2(CCCCC2)OC1=O. The molecule has 1 aromatic carbocycles. The van der Waals surface area contributed by atoms with E-state index in [0.29, 0.717) is 11.1 Å². The van der Waals surface area contributed by atoms with E-state index in [2.05, 4.69) is 0 Å². The van der Waals surface area contributed by atoms with E-state index in [9.17, 15) is 15.2 Å². The van der Waals surface area contributed by atoms with Crippen molar-refractivity contribution < 1.29 is 14.6 Å². The van der Waals surface area contributed by atoms with E-state index in [1.807, 2.05) is 12.1 Å².